The van der Waals surface area contributed by atoms with Gasteiger partial charge in [0, 0.05) is 88.2 Å². The Morgan fingerprint density at radius 1 is 0.680 bits per heavy atom. The maximum atomic E-state index is 15.2. The minimum Gasteiger partial charge on any atom is -0.347 e. The number of hydrogen-bond donors (Lipinski definition) is 3. The van der Waals surface area contributed by atoms with Gasteiger partial charge in [-0.1, -0.05) is 102 Å². The molecule has 2 fully saturated rings. The molecule has 3 aromatic rings. The highest BCUT2D eigenvalue weighted by Crippen LogP contribution is 2.35. The molecule has 100 heavy (non-hydrogen) atoms. The van der Waals surface area contributed by atoms with E-state index < -0.39 is 173 Å². The van der Waals surface area contributed by atoms with E-state index in [2.05, 4.69) is 20.9 Å². The van der Waals surface area contributed by atoms with Gasteiger partial charge in [0.2, 0.25) is 70.9 Å². The van der Waals surface area contributed by atoms with E-state index in [1.807, 2.05) is 39.8 Å². The van der Waals surface area contributed by atoms with Crippen LogP contribution >= 0.6 is 22.9 Å². The lowest BCUT2D eigenvalue weighted by Crippen LogP contribution is -2.65. The molecule has 2 saturated heterocycles. The zero-order valence-electron chi connectivity index (χ0n) is 60.8. The van der Waals surface area contributed by atoms with Gasteiger partial charge < -0.3 is 60.0 Å². The number of nitrogens with zero attached hydrogens (tertiary/aromatic N) is 10. The maximum absolute atomic E-state index is 15.2. The Hall–Kier alpha value is -8.21. The predicted octanol–water partition coefficient (Wildman–Crippen LogP) is 4.69. The first-order chi connectivity index (χ1) is 46.7. The molecule has 12 amide bonds. The van der Waals surface area contributed by atoms with E-state index in [0.29, 0.717) is 24.1 Å². The van der Waals surface area contributed by atoms with Crippen molar-refractivity contribution in [2.45, 2.75) is 187 Å². The molecule has 5 rings (SSSR count). The molecule has 1 unspecified atom stereocenters. The Morgan fingerprint density at radius 2 is 1.28 bits per heavy atom. The maximum Gasteiger partial charge on any atom is 0.417 e. The highest BCUT2D eigenvalue weighted by Gasteiger charge is 2.47. The third-order valence-electron chi connectivity index (χ3n) is 19.5. The van der Waals surface area contributed by atoms with Crippen molar-refractivity contribution in [2.24, 2.45) is 17.8 Å². The standard InChI is InChI=1S/C70H101ClF3N13O12S/c1-19-41(6)58-68(98)81(13)44(9)63(93)87-30-29-51(87)67(97)84(16)54(33-46-23-21-40(5)22-24-46)66(96)80(12)36-56(88)77-50(28-26-45-25-27-48(49(71)32-45)70(72,73)74)64(94)83(15)53(34-47-37-100-38-75-47)60(90)76-43(8)62(92)86(18)59(42(7)20-2)69(99)85(17)55(65(95)79(10)11)35-57(89)82(14)52(31-39(3)4)61(91)78-58/h21-25,27,32,37-39,41-44,50-55,58-59H,19-20,26,28-31,33-36H2,1-18H3,(H,76,90)(H,77,88)(H,78,91)/t41-,42-,43-,44-,50-,51?,52-,53-,54-,55-,58-,59-/m0/s1. The summed E-state index contributed by atoms with van der Waals surface area (Å²) >= 11 is 7.33. The molecule has 3 heterocycles. The second kappa shape index (κ2) is 35.9. The van der Waals surface area contributed by atoms with Crippen molar-refractivity contribution in [1.82, 2.24) is 65.0 Å². The molecule has 12 atom stereocenters. The molecule has 30 heteroatoms. The van der Waals surface area contributed by atoms with Crippen LogP contribution in [0.5, 0.6) is 0 Å². The molecule has 2 aromatic carbocycles. The average molecular weight is 1440 g/mol. The van der Waals surface area contributed by atoms with E-state index in [9.17, 15) is 61.1 Å². The smallest absolute Gasteiger partial charge is 0.347 e. The molecular formula is C70H101ClF3N13O12S. The number of nitrogens with one attached hydrogen (secondary N) is 3. The molecule has 2 aliphatic heterocycles. The minimum absolute atomic E-state index is 0.0680. The largest absolute Gasteiger partial charge is 0.417 e. The number of thiazole rings is 1. The van der Waals surface area contributed by atoms with Gasteiger partial charge >= 0.3 is 6.18 Å². The second-order valence-electron chi connectivity index (χ2n) is 27.4. The average Bonchev–Trinajstić information content (AvgIpc) is 0.863. The molecule has 552 valence electrons. The third kappa shape index (κ3) is 20.5. The normalized spacial score (nSPS) is 25.0. The van der Waals surface area contributed by atoms with Crippen molar-refractivity contribution in [3.63, 3.8) is 0 Å². The molecule has 25 nitrogen and oxygen atoms in total. The number of hydrogen-bond acceptors (Lipinski definition) is 14. The molecule has 0 saturated carbocycles. The first-order valence-corrected chi connectivity index (χ1v) is 35.0. The highest BCUT2D eigenvalue weighted by molar-refractivity contribution is 7.07. The molecule has 2 aliphatic rings. The quantitative estimate of drug-likeness (QED) is 0.198. The fourth-order valence-corrected chi connectivity index (χ4v) is 13.2. The lowest BCUT2D eigenvalue weighted by molar-refractivity contribution is -0.160. The number of likely N-dealkylation sites (N-methyl/N-ethyl adjacent to an activating group) is 8. The van der Waals surface area contributed by atoms with Gasteiger partial charge in [0.05, 0.1) is 34.8 Å². The zero-order chi connectivity index (χ0) is 75.3. The topological polar surface area (TPSA) is 283 Å². The third-order valence-corrected chi connectivity index (χ3v) is 20.4. The van der Waals surface area contributed by atoms with Crippen LogP contribution in [-0.4, -0.2) is 257 Å². The Bertz CT molecular complexity index is 3440. The van der Waals surface area contributed by atoms with E-state index in [-0.39, 0.29) is 56.6 Å². The Balaban J connectivity index is 1.66. The lowest BCUT2D eigenvalue weighted by atomic mass is 9.94. The van der Waals surface area contributed by atoms with Crippen molar-refractivity contribution < 1.29 is 70.7 Å². The monoisotopic (exact) mass is 1440 g/mol. The number of alkyl halides is 3. The number of benzene rings is 2. The highest BCUT2D eigenvalue weighted by atomic mass is 35.5. The minimum atomic E-state index is -4.79. The van der Waals surface area contributed by atoms with Crippen LogP contribution in [0, 0.1) is 24.7 Å². The SMILES string of the molecule is CC[C@H](C)[C@@H]1NC(=O)[C@H](CC(C)C)N(C)C(=O)C[C@@H](C(=O)N(C)C)N(C)C(=O)[C@H]([C@@H](C)CC)N(C)C(=O)[C@H](C)NC(=O)[C@H](Cc2cscn2)N(C)C(=O)[C@H](CCc2ccc(C(F)(F)F)c(Cl)c2)NC(=O)CN(C)C(=O)[C@H](Cc2ccc(C)cc2)N(C)C(=O)C2CCN2C(=O)[C@H](C)N(C)C1=O. The summed E-state index contributed by atoms with van der Waals surface area (Å²) in [7, 11) is 12.3. The summed E-state index contributed by atoms with van der Waals surface area (Å²) in [4.78, 5) is 192. The van der Waals surface area contributed by atoms with Crippen molar-refractivity contribution in [3.05, 3.63) is 86.3 Å². The van der Waals surface area contributed by atoms with Gasteiger partial charge in [-0.25, -0.2) is 4.98 Å². The van der Waals surface area contributed by atoms with Gasteiger partial charge in [-0.05, 0) is 87.5 Å². The molecule has 3 N–H and O–H groups in total. The van der Waals surface area contributed by atoms with Gasteiger partial charge in [0.15, 0.2) is 0 Å². The molecule has 1 aromatic heterocycles. The molecule has 0 radical (unpaired) electrons. The summed E-state index contributed by atoms with van der Waals surface area (Å²) in [5, 5.41) is 9.27. The molecule has 0 bridgehead atoms. The predicted molar refractivity (Wildman–Crippen MR) is 371 cm³/mol. The molecular weight excluding hydrogens is 1340 g/mol. The Labute approximate surface area is 594 Å². The van der Waals surface area contributed by atoms with Crippen molar-refractivity contribution in [2.75, 3.05) is 76.5 Å². The van der Waals surface area contributed by atoms with E-state index >= 15 is 9.59 Å². The summed E-state index contributed by atoms with van der Waals surface area (Å²) in [6, 6.07) is -3.15. The summed E-state index contributed by atoms with van der Waals surface area (Å²) in [5.74, 6) is -10.3. The zero-order valence-corrected chi connectivity index (χ0v) is 62.3. The summed E-state index contributed by atoms with van der Waals surface area (Å²) in [6.07, 6.45) is -5.24. The van der Waals surface area contributed by atoms with E-state index in [4.69, 9.17) is 11.6 Å². The van der Waals surface area contributed by atoms with Gasteiger partial charge in [0.1, 0.15) is 60.4 Å². The second-order valence-corrected chi connectivity index (χ2v) is 28.5. The number of rotatable bonds is 14. The van der Waals surface area contributed by atoms with Crippen LogP contribution in [0.25, 0.3) is 0 Å². The van der Waals surface area contributed by atoms with Crippen LogP contribution in [0.3, 0.4) is 0 Å². The number of fused-ring (bicyclic) bond motifs is 1. The Morgan fingerprint density at radius 3 is 1.82 bits per heavy atom. The van der Waals surface area contributed by atoms with Gasteiger partial charge in [-0.3, -0.25) is 57.5 Å². The van der Waals surface area contributed by atoms with Crippen molar-refractivity contribution in [3.8, 4) is 0 Å². The lowest BCUT2D eigenvalue weighted by Gasteiger charge is -2.45. The number of aryl methyl sites for hydroxylation is 2. The fraction of sp³-hybridized carbons (Fsp3) is 0.614. The first-order valence-electron chi connectivity index (χ1n) is 33.7. The number of amides is 12. The molecule has 0 spiro atoms. The van der Waals surface area contributed by atoms with Crippen molar-refractivity contribution in [1.29, 1.82) is 0 Å². The summed E-state index contributed by atoms with van der Waals surface area (Å²) in [6.45, 7) is 14.8. The van der Waals surface area contributed by atoms with E-state index in [1.165, 1.54) is 125 Å². The van der Waals surface area contributed by atoms with Crippen LogP contribution < -0.4 is 16.0 Å². The summed E-state index contributed by atoms with van der Waals surface area (Å²) < 4.78 is 41.6. The van der Waals surface area contributed by atoms with Crippen LogP contribution in [-0.2, 0) is 83.0 Å². The number of halogens is 4. The first kappa shape index (κ1) is 82.5. The summed E-state index contributed by atoms with van der Waals surface area (Å²) in [5.41, 5.74) is 2.51. The number of carbonyl (C=O) groups is 12. The van der Waals surface area contributed by atoms with E-state index in [1.54, 1.807) is 38.3 Å². The van der Waals surface area contributed by atoms with Crippen LogP contribution in [0.15, 0.2) is 53.4 Å². The van der Waals surface area contributed by atoms with Gasteiger partial charge in [-0.15, -0.1) is 11.3 Å². The number of carbonyl (C=O) groups excluding carboxylic acids is 12. The van der Waals surface area contributed by atoms with Gasteiger partial charge in [0.25, 0.3) is 0 Å². The van der Waals surface area contributed by atoms with Crippen LogP contribution in [0.4, 0.5) is 13.2 Å². The van der Waals surface area contributed by atoms with Crippen LogP contribution in [0.2, 0.25) is 5.02 Å². The fourth-order valence-electron chi connectivity index (χ4n) is 12.3. The van der Waals surface area contributed by atoms with E-state index in [0.717, 1.165) is 37.3 Å². The number of aromatic nitrogens is 1. The van der Waals surface area contributed by atoms with Gasteiger partial charge in [-0.2, -0.15) is 13.2 Å². The molecule has 0 aliphatic carbocycles. The van der Waals surface area contributed by atoms with Crippen LogP contribution in [0.1, 0.15) is 122 Å². The van der Waals surface area contributed by atoms with Crippen molar-refractivity contribution >= 4 is 93.8 Å². The Kier molecular flexibility index (Phi) is 29.6.